The first-order valence-corrected chi connectivity index (χ1v) is 7.36. The van der Waals surface area contributed by atoms with Gasteiger partial charge in [0.15, 0.2) is 0 Å². The minimum atomic E-state index is 0.0750. The van der Waals surface area contributed by atoms with E-state index in [9.17, 15) is 4.79 Å². The first-order valence-electron chi connectivity index (χ1n) is 7.36. The van der Waals surface area contributed by atoms with E-state index in [4.69, 9.17) is 0 Å². The van der Waals surface area contributed by atoms with Gasteiger partial charge in [-0.05, 0) is 51.7 Å². The van der Waals surface area contributed by atoms with Gasteiger partial charge in [-0.2, -0.15) is 0 Å². The molecule has 0 saturated carbocycles. The van der Waals surface area contributed by atoms with Crippen molar-refractivity contribution >= 4 is 11.6 Å². The fraction of sp³-hybridized carbons (Fsp3) is 0.562. The van der Waals surface area contributed by atoms with Crippen molar-refractivity contribution in [1.82, 2.24) is 10.2 Å². The van der Waals surface area contributed by atoms with Crippen LogP contribution in [-0.2, 0) is 11.2 Å². The Morgan fingerprint density at radius 3 is 2.65 bits per heavy atom. The quantitative estimate of drug-likeness (QED) is 0.680. The van der Waals surface area contributed by atoms with Crippen molar-refractivity contribution in [3.8, 4) is 0 Å². The summed E-state index contributed by atoms with van der Waals surface area (Å²) in [6.07, 6.45) is 2.55. The van der Waals surface area contributed by atoms with E-state index in [0.29, 0.717) is 6.42 Å². The highest BCUT2D eigenvalue weighted by molar-refractivity contribution is 5.91. The molecule has 0 radical (unpaired) electrons. The monoisotopic (exact) mass is 277 g/mol. The largest absolute Gasteiger partial charge is 0.326 e. The number of nitrogens with one attached hydrogen (secondary N) is 2. The van der Waals surface area contributed by atoms with Crippen molar-refractivity contribution in [3.63, 3.8) is 0 Å². The Morgan fingerprint density at radius 2 is 1.95 bits per heavy atom. The standard InChI is InChI=1S/C16H27N3O/c1-4-14-8-5-6-9-15(14)18-16(20)10-12-17-11-7-13-19(2)3/h5-6,8-9,17H,4,7,10-13H2,1-3H3,(H,18,20). The van der Waals surface area contributed by atoms with Crippen LogP contribution in [0.25, 0.3) is 0 Å². The third-order valence-electron chi connectivity index (χ3n) is 3.16. The Bertz CT molecular complexity index is 404. The molecule has 2 N–H and O–H groups in total. The maximum Gasteiger partial charge on any atom is 0.225 e. The van der Waals surface area contributed by atoms with Gasteiger partial charge in [-0.3, -0.25) is 4.79 Å². The molecule has 1 aromatic rings. The molecule has 112 valence electrons. The number of hydrogen-bond donors (Lipinski definition) is 2. The number of hydrogen-bond acceptors (Lipinski definition) is 3. The molecule has 0 saturated heterocycles. The number of carbonyl (C=O) groups is 1. The molecule has 0 fully saturated rings. The summed E-state index contributed by atoms with van der Waals surface area (Å²) in [5.41, 5.74) is 2.12. The van der Waals surface area contributed by atoms with Gasteiger partial charge < -0.3 is 15.5 Å². The number of para-hydroxylation sites is 1. The number of nitrogens with zero attached hydrogens (tertiary/aromatic N) is 1. The van der Waals surface area contributed by atoms with Gasteiger partial charge in [-0.15, -0.1) is 0 Å². The summed E-state index contributed by atoms with van der Waals surface area (Å²) in [4.78, 5) is 14.0. The molecule has 4 nitrogen and oxygen atoms in total. The molecule has 0 aliphatic heterocycles. The Labute approximate surface area is 122 Å². The van der Waals surface area contributed by atoms with Gasteiger partial charge in [-0.25, -0.2) is 0 Å². The highest BCUT2D eigenvalue weighted by Gasteiger charge is 2.04. The molecule has 0 atom stereocenters. The smallest absolute Gasteiger partial charge is 0.225 e. The average Bonchev–Trinajstić information content (AvgIpc) is 2.43. The fourth-order valence-corrected chi connectivity index (χ4v) is 2.01. The molecule has 1 amide bonds. The Balaban J connectivity index is 2.20. The second-order valence-corrected chi connectivity index (χ2v) is 5.22. The van der Waals surface area contributed by atoms with Gasteiger partial charge in [0.1, 0.15) is 0 Å². The Kier molecular flexibility index (Phi) is 7.92. The van der Waals surface area contributed by atoms with Gasteiger partial charge >= 0.3 is 0 Å². The summed E-state index contributed by atoms with van der Waals surface area (Å²) in [7, 11) is 4.14. The molecule has 0 spiro atoms. The number of amides is 1. The number of anilines is 1. The van der Waals surface area contributed by atoms with Crippen molar-refractivity contribution in [1.29, 1.82) is 0 Å². The van der Waals surface area contributed by atoms with Gasteiger partial charge in [-0.1, -0.05) is 25.1 Å². The number of carbonyl (C=O) groups excluding carboxylic acids is 1. The van der Waals surface area contributed by atoms with Crippen molar-refractivity contribution in [2.45, 2.75) is 26.2 Å². The van der Waals surface area contributed by atoms with Crippen molar-refractivity contribution in [2.75, 3.05) is 39.0 Å². The number of rotatable bonds is 9. The van der Waals surface area contributed by atoms with Crippen LogP contribution in [0.1, 0.15) is 25.3 Å². The second kappa shape index (κ2) is 9.50. The molecule has 20 heavy (non-hydrogen) atoms. The van der Waals surface area contributed by atoms with Crippen molar-refractivity contribution in [2.24, 2.45) is 0 Å². The highest BCUT2D eigenvalue weighted by Crippen LogP contribution is 2.15. The van der Waals surface area contributed by atoms with Crippen molar-refractivity contribution < 1.29 is 4.79 Å². The van der Waals surface area contributed by atoms with E-state index in [1.165, 1.54) is 5.56 Å². The first-order chi connectivity index (χ1) is 9.63. The third-order valence-corrected chi connectivity index (χ3v) is 3.16. The van der Waals surface area contributed by atoms with Crippen LogP contribution in [0.4, 0.5) is 5.69 Å². The predicted octanol–water partition coefficient (Wildman–Crippen LogP) is 2.12. The molecule has 0 aromatic heterocycles. The van der Waals surface area contributed by atoms with Crippen LogP contribution in [0.15, 0.2) is 24.3 Å². The second-order valence-electron chi connectivity index (χ2n) is 5.22. The molecular weight excluding hydrogens is 250 g/mol. The summed E-state index contributed by atoms with van der Waals surface area (Å²) in [6.45, 7) is 4.85. The summed E-state index contributed by atoms with van der Waals surface area (Å²) in [5.74, 6) is 0.0750. The minimum Gasteiger partial charge on any atom is -0.326 e. The van der Waals surface area contributed by atoms with E-state index in [2.05, 4.69) is 42.6 Å². The number of benzene rings is 1. The summed E-state index contributed by atoms with van der Waals surface area (Å²) in [5, 5.41) is 6.28. The first kappa shape index (κ1) is 16.7. The zero-order valence-corrected chi connectivity index (χ0v) is 12.9. The van der Waals surface area contributed by atoms with Crippen LogP contribution in [0, 0.1) is 0 Å². The topological polar surface area (TPSA) is 44.4 Å². The Hall–Kier alpha value is -1.39. The molecule has 1 aromatic carbocycles. The SMILES string of the molecule is CCc1ccccc1NC(=O)CCNCCCN(C)C. The van der Waals surface area contributed by atoms with Gasteiger partial charge in [0, 0.05) is 18.7 Å². The lowest BCUT2D eigenvalue weighted by molar-refractivity contribution is -0.116. The van der Waals surface area contributed by atoms with Gasteiger partial charge in [0.25, 0.3) is 0 Å². The third kappa shape index (κ3) is 6.68. The molecule has 4 heteroatoms. The van der Waals surface area contributed by atoms with Crippen LogP contribution in [0.2, 0.25) is 0 Å². The van der Waals surface area contributed by atoms with E-state index in [1.54, 1.807) is 0 Å². The summed E-state index contributed by atoms with van der Waals surface area (Å²) >= 11 is 0. The average molecular weight is 277 g/mol. The normalized spacial score (nSPS) is 10.8. The van der Waals surface area contributed by atoms with E-state index in [-0.39, 0.29) is 5.91 Å². The van der Waals surface area contributed by atoms with Crippen LogP contribution in [0.5, 0.6) is 0 Å². The summed E-state index contributed by atoms with van der Waals surface area (Å²) in [6, 6.07) is 7.96. The maximum atomic E-state index is 11.9. The van der Waals surface area contributed by atoms with Crippen LogP contribution >= 0.6 is 0 Å². The minimum absolute atomic E-state index is 0.0750. The molecule has 0 heterocycles. The van der Waals surface area contributed by atoms with Crippen molar-refractivity contribution in [3.05, 3.63) is 29.8 Å². The molecule has 1 rings (SSSR count). The molecule has 0 unspecified atom stereocenters. The van der Waals surface area contributed by atoms with E-state index in [0.717, 1.165) is 38.2 Å². The van der Waals surface area contributed by atoms with Crippen LogP contribution < -0.4 is 10.6 Å². The van der Waals surface area contributed by atoms with E-state index >= 15 is 0 Å². The lowest BCUT2D eigenvalue weighted by atomic mass is 10.1. The van der Waals surface area contributed by atoms with E-state index < -0.39 is 0 Å². The summed E-state index contributed by atoms with van der Waals surface area (Å²) < 4.78 is 0. The van der Waals surface area contributed by atoms with E-state index in [1.807, 2.05) is 18.2 Å². The Morgan fingerprint density at radius 1 is 1.20 bits per heavy atom. The fourth-order valence-electron chi connectivity index (χ4n) is 2.01. The maximum absolute atomic E-state index is 11.9. The number of aryl methyl sites for hydroxylation is 1. The predicted molar refractivity (Wildman–Crippen MR) is 85.1 cm³/mol. The van der Waals surface area contributed by atoms with Crippen LogP contribution in [-0.4, -0.2) is 44.5 Å². The van der Waals surface area contributed by atoms with Gasteiger partial charge in [0.05, 0.1) is 0 Å². The van der Waals surface area contributed by atoms with Gasteiger partial charge in [0.2, 0.25) is 5.91 Å². The molecule has 0 bridgehead atoms. The lowest BCUT2D eigenvalue weighted by Crippen LogP contribution is -2.25. The molecule has 0 aliphatic carbocycles. The zero-order valence-electron chi connectivity index (χ0n) is 12.9. The molecule has 0 aliphatic rings. The highest BCUT2D eigenvalue weighted by atomic mass is 16.1. The van der Waals surface area contributed by atoms with Crippen LogP contribution in [0.3, 0.4) is 0 Å². The zero-order chi connectivity index (χ0) is 14.8. The lowest BCUT2D eigenvalue weighted by Gasteiger charge is -2.11. The molecular formula is C16H27N3O.